The van der Waals surface area contributed by atoms with Gasteiger partial charge in [0.25, 0.3) is 5.56 Å². The van der Waals surface area contributed by atoms with E-state index in [1.807, 2.05) is 54.8 Å². The van der Waals surface area contributed by atoms with Gasteiger partial charge in [0, 0.05) is 10.4 Å². The molecule has 0 spiro atoms. The number of thiophene rings is 1. The van der Waals surface area contributed by atoms with Crippen molar-refractivity contribution in [3.63, 3.8) is 0 Å². The van der Waals surface area contributed by atoms with E-state index in [2.05, 4.69) is 10.2 Å². The van der Waals surface area contributed by atoms with Gasteiger partial charge in [-0.05, 0) is 30.0 Å². The zero-order valence-corrected chi connectivity index (χ0v) is 13.3. The average Bonchev–Trinajstić information content (AvgIpc) is 3.21. The summed E-state index contributed by atoms with van der Waals surface area (Å²) in [6.07, 6.45) is 1.91. The van der Waals surface area contributed by atoms with Crippen LogP contribution in [-0.4, -0.2) is 14.6 Å². The van der Waals surface area contributed by atoms with Crippen molar-refractivity contribution < 1.29 is 0 Å². The highest BCUT2D eigenvalue weighted by Gasteiger charge is 2.15. The van der Waals surface area contributed by atoms with E-state index in [1.165, 1.54) is 11.3 Å². The number of aryl methyl sites for hydroxylation is 1. The predicted octanol–water partition coefficient (Wildman–Crippen LogP) is 2.74. The van der Waals surface area contributed by atoms with Crippen LogP contribution in [0.25, 0.3) is 22.4 Å². The minimum absolute atomic E-state index is 0.0587. The summed E-state index contributed by atoms with van der Waals surface area (Å²) in [5.41, 5.74) is 1.95. The fraction of sp³-hybridized carbons (Fsp3) is 0.0625. The number of rotatable bonds is 2. The molecule has 3 heterocycles. The first-order valence-electron chi connectivity index (χ1n) is 6.73. The maximum atomic E-state index is 12.7. The van der Waals surface area contributed by atoms with E-state index in [9.17, 15) is 4.79 Å². The highest BCUT2D eigenvalue weighted by atomic mass is 32.1. The lowest BCUT2D eigenvalue weighted by atomic mass is 10.1. The van der Waals surface area contributed by atoms with E-state index in [-0.39, 0.29) is 5.56 Å². The van der Waals surface area contributed by atoms with E-state index in [4.69, 9.17) is 0 Å². The van der Waals surface area contributed by atoms with Crippen molar-refractivity contribution in [3.05, 3.63) is 67.1 Å². The van der Waals surface area contributed by atoms with E-state index in [0.717, 1.165) is 16.0 Å². The van der Waals surface area contributed by atoms with Crippen LogP contribution in [0.4, 0.5) is 0 Å². The molecule has 3 aromatic heterocycles. The lowest BCUT2D eigenvalue weighted by Gasteiger charge is -2.00. The van der Waals surface area contributed by atoms with Gasteiger partial charge in [0.2, 0.25) is 4.96 Å². The molecule has 1 aromatic carbocycles. The molecule has 0 bridgehead atoms. The minimum atomic E-state index is -0.0587. The molecule has 22 heavy (non-hydrogen) atoms. The third kappa shape index (κ3) is 2.08. The highest BCUT2D eigenvalue weighted by Crippen LogP contribution is 2.21. The number of fused-ring (bicyclic) bond motifs is 1. The Kier molecular flexibility index (Phi) is 3.13. The third-order valence-corrected chi connectivity index (χ3v) is 5.23. The van der Waals surface area contributed by atoms with Crippen molar-refractivity contribution in [1.82, 2.24) is 14.6 Å². The molecule has 0 unspecified atom stereocenters. The van der Waals surface area contributed by atoms with Crippen molar-refractivity contribution in [2.24, 2.45) is 0 Å². The predicted molar refractivity (Wildman–Crippen MR) is 90.4 cm³/mol. The highest BCUT2D eigenvalue weighted by molar-refractivity contribution is 7.15. The summed E-state index contributed by atoms with van der Waals surface area (Å²) in [5.74, 6) is 0.611. The van der Waals surface area contributed by atoms with Crippen LogP contribution in [0.15, 0.2) is 46.6 Å². The molecular weight excluding hydrogens is 314 g/mol. The molecule has 6 heteroatoms. The molecule has 0 saturated carbocycles. The minimum Gasteiger partial charge on any atom is -0.267 e. The molecule has 0 aliphatic heterocycles. The van der Waals surface area contributed by atoms with Crippen molar-refractivity contribution in [3.8, 4) is 11.4 Å². The van der Waals surface area contributed by atoms with Gasteiger partial charge in [-0.15, -0.1) is 21.5 Å². The molecule has 0 aliphatic rings. The first-order valence-corrected chi connectivity index (χ1v) is 8.43. The first-order chi connectivity index (χ1) is 10.7. The Balaban J connectivity index is 1.99. The molecule has 0 N–H and O–H groups in total. The summed E-state index contributed by atoms with van der Waals surface area (Å²) < 4.78 is 2.29. The third-order valence-electron chi connectivity index (χ3n) is 3.45. The fourth-order valence-corrected chi connectivity index (χ4v) is 4.00. The number of benzene rings is 1. The normalized spacial score (nSPS) is 12.3. The van der Waals surface area contributed by atoms with E-state index in [0.29, 0.717) is 15.3 Å². The SMILES string of the molecule is Cc1ccccc1-c1nnc2s/c(=C/c3cccs3)c(=O)n12. The second kappa shape index (κ2) is 5.15. The zero-order chi connectivity index (χ0) is 15.1. The summed E-state index contributed by atoms with van der Waals surface area (Å²) in [6.45, 7) is 2.01. The van der Waals surface area contributed by atoms with Gasteiger partial charge in [-0.3, -0.25) is 4.79 Å². The molecule has 0 saturated heterocycles. The van der Waals surface area contributed by atoms with Gasteiger partial charge in [0.15, 0.2) is 5.82 Å². The standard InChI is InChI=1S/C16H11N3OS2/c1-10-5-2-3-7-12(10)14-17-18-16-19(14)15(20)13(22-16)9-11-6-4-8-21-11/h2-9H,1H3/b13-9+. The largest absolute Gasteiger partial charge is 0.276 e. The summed E-state index contributed by atoms with van der Waals surface area (Å²) >= 11 is 2.98. The number of nitrogens with zero attached hydrogens (tertiary/aromatic N) is 3. The zero-order valence-electron chi connectivity index (χ0n) is 11.7. The van der Waals surface area contributed by atoms with Gasteiger partial charge < -0.3 is 0 Å². The van der Waals surface area contributed by atoms with Crippen LogP contribution in [0.5, 0.6) is 0 Å². The van der Waals surface area contributed by atoms with Crippen LogP contribution < -0.4 is 10.1 Å². The van der Waals surface area contributed by atoms with E-state index >= 15 is 0 Å². The maximum absolute atomic E-state index is 12.7. The average molecular weight is 325 g/mol. The van der Waals surface area contributed by atoms with Crippen LogP contribution in [0.1, 0.15) is 10.4 Å². The van der Waals surface area contributed by atoms with Crippen LogP contribution in [0, 0.1) is 6.92 Å². The molecule has 0 fully saturated rings. The van der Waals surface area contributed by atoms with Crippen LogP contribution in [-0.2, 0) is 0 Å². The van der Waals surface area contributed by atoms with Crippen molar-refractivity contribution in [1.29, 1.82) is 0 Å². The molecule has 4 aromatic rings. The van der Waals surface area contributed by atoms with Crippen LogP contribution in [0.3, 0.4) is 0 Å². The van der Waals surface area contributed by atoms with Gasteiger partial charge in [-0.2, -0.15) is 0 Å². The van der Waals surface area contributed by atoms with Crippen molar-refractivity contribution in [2.45, 2.75) is 6.92 Å². The summed E-state index contributed by atoms with van der Waals surface area (Å²) in [5, 5.41) is 10.4. The molecule has 4 nitrogen and oxygen atoms in total. The Morgan fingerprint density at radius 3 is 2.77 bits per heavy atom. The van der Waals surface area contributed by atoms with E-state index in [1.54, 1.807) is 15.7 Å². The van der Waals surface area contributed by atoms with Gasteiger partial charge in [-0.25, -0.2) is 4.40 Å². The Bertz CT molecular complexity index is 1060. The van der Waals surface area contributed by atoms with Crippen LogP contribution >= 0.6 is 22.7 Å². The summed E-state index contributed by atoms with van der Waals surface area (Å²) in [7, 11) is 0. The topological polar surface area (TPSA) is 47.3 Å². The second-order valence-corrected chi connectivity index (χ2v) is 6.88. The Morgan fingerprint density at radius 2 is 2.00 bits per heavy atom. The van der Waals surface area contributed by atoms with Gasteiger partial charge in [-0.1, -0.05) is 41.7 Å². The summed E-state index contributed by atoms with van der Waals surface area (Å²) in [6, 6.07) is 11.8. The lowest BCUT2D eigenvalue weighted by molar-refractivity contribution is 1.09. The van der Waals surface area contributed by atoms with Gasteiger partial charge >= 0.3 is 0 Å². The van der Waals surface area contributed by atoms with E-state index < -0.39 is 0 Å². The molecular formula is C16H11N3OS2. The first kappa shape index (κ1) is 13.4. The Morgan fingerprint density at radius 1 is 1.14 bits per heavy atom. The quantitative estimate of drug-likeness (QED) is 0.569. The number of aromatic nitrogens is 3. The van der Waals surface area contributed by atoms with Gasteiger partial charge in [0.1, 0.15) is 0 Å². The Hall–Kier alpha value is -2.31. The monoisotopic (exact) mass is 325 g/mol. The fourth-order valence-electron chi connectivity index (χ4n) is 2.36. The second-order valence-electron chi connectivity index (χ2n) is 4.89. The Labute approximate surface area is 134 Å². The number of thiazole rings is 1. The molecule has 4 rings (SSSR count). The van der Waals surface area contributed by atoms with Crippen LogP contribution in [0.2, 0.25) is 0 Å². The van der Waals surface area contributed by atoms with Gasteiger partial charge in [0.05, 0.1) is 4.53 Å². The molecule has 108 valence electrons. The molecule has 0 atom stereocenters. The maximum Gasteiger partial charge on any atom is 0.276 e. The lowest BCUT2D eigenvalue weighted by Crippen LogP contribution is -2.23. The van der Waals surface area contributed by atoms with Crippen molar-refractivity contribution in [2.75, 3.05) is 0 Å². The number of hydrogen-bond acceptors (Lipinski definition) is 5. The van der Waals surface area contributed by atoms with Crippen molar-refractivity contribution >= 4 is 33.7 Å². The number of hydrogen-bond donors (Lipinski definition) is 0. The summed E-state index contributed by atoms with van der Waals surface area (Å²) in [4.78, 5) is 14.4. The molecule has 0 radical (unpaired) electrons. The smallest absolute Gasteiger partial charge is 0.267 e. The molecule has 0 aliphatic carbocycles. The molecule has 0 amide bonds.